The summed E-state index contributed by atoms with van der Waals surface area (Å²) in [5, 5.41) is 8.84. The third kappa shape index (κ3) is 1.38. The number of nitriles is 1. The van der Waals surface area contributed by atoms with Crippen LogP contribution in [0.2, 0.25) is 0 Å². The first-order chi connectivity index (χ1) is 7.83. The van der Waals surface area contributed by atoms with Gasteiger partial charge in [-0.2, -0.15) is 5.26 Å². The van der Waals surface area contributed by atoms with Gasteiger partial charge in [-0.05, 0) is 24.6 Å². The standard InChI is InChI=1S/C13H13NO2/c1-2-3-11-13-12(16-13)9-6-8(7-14)4-5-10(9)15-11/h4-6,11-13H,2-3H2,1H3/t11-,12+,13-/m1/s1. The van der Waals surface area contributed by atoms with E-state index in [-0.39, 0.29) is 18.3 Å². The van der Waals surface area contributed by atoms with Crippen LogP contribution in [0.5, 0.6) is 5.75 Å². The zero-order valence-corrected chi connectivity index (χ0v) is 9.14. The lowest BCUT2D eigenvalue weighted by molar-refractivity contribution is 0.149. The van der Waals surface area contributed by atoms with Gasteiger partial charge in [-0.15, -0.1) is 0 Å². The van der Waals surface area contributed by atoms with Crippen molar-refractivity contribution in [3.8, 4) is 11.8 Å². The maximum absolute atomic E-state index is 8.84. The molecule has 1 saturated heterocycles. The van der Waals surface area contributed by atoms with Crippen molar-refractivity contribution in [1.82, 2.24) is 0 Å². The Hall–Kier alpha value is -1.53. The van der Waals surface area contributed by atoms with Gasteiger partial charge >= 0.3 is 0 Å². The number of epoxide rings is 1. The highest BCUT2D eigenvalue weighted by Gasteiger charge is 2.51. The lowest BCUT2D eigenvalue weighted by Gasteiger charge is -2.22. The van der Waals surface area contributed by atoms with Crippen molar-refractivity contribution in [3.63, 3.8) is 0 Å². The van der Waals surface area contributed by atoms with Crippen LogP contribution in [0.15, 0.2) is 18.2 Å². The Bertz CT molecular complexity index is 463. The molecule has 0 bridgehead atoms. The van der Waals surface area contributed by atoms with Gasteiger partial charge in [-0.25, -0.2) is 0 Å². The number of nitrogens with zero attached hydrogens (tertiary/aromatic N) is 1. The molecule has 2 aliphatic rings. The molecule has 3 heteroatoms. The van der Waals surface area contributed by atoms with Gasteiger partial charge in [-0.3, -0.25) is 0 Å². The van der Waals surface area contributed by atoms with Crippen LogP contribution in [0.4, 0.5) is 0 Å². The SMILES string of the molecule is CCC[C@H]1Oc2ccc(C#N)cc2[C@@H]2O[C@H]12. The minimum Gasteiger partial charge on any atom is -0.487 e. The van der Waals surface area contributed by atoms with Crippen molar-refractivity contribution >= 4 is 0 Å². The topological polar surface area (TPSA) is 45.5 Å². The highest BCUT2D eigenvalue weighted by Crippen LogP contribution is 2.50. The summed E-state index contributed by atoms with van der Waals surface area (Å²) >= 11 is 0. The molecule has 16 heavy (non-hydrogen) atoms. The number of rotatable bonds is 2. The maximum Gasteiger partial charge on any atom is 0.128 e. The first-order valence-electron chi connectivity index (χ1n) is 5.69. The van der Waals surface area contributed by atoms with Gasteiger partial charge in [0.15, 0.2) is 0 Å². The molecule has 3 nitrogen and oxygen atoms in total. The fraction of sp³-hybridized carbons (Fsp3) is 0.462. The Balaban J connectivity index is 1.93. The van der Waals surface area contributed by atoms with Gasteiger partial charge in [0, 0.05) is 5.56 Å². The van der Waals surface area contributed by atoms with Gasteiger partial charge in [0.25, 0.3) is 0 Å². The van der Waals surface area contributed by atoms with E-state index in [0.717, 1.165) is 24.2 Å². The quantitative estimate of drug-likeness (QED) is 0.712. The van der Waals surface area contributed by atoms with Crippen molar-refractivity contribution in [3.05, 3.63) is 29.3 Å². The van der Waals surface area contributed by atoms with E-state index in [0.29, 0.717) is 5.56 Å². The molecule has 82 valence electrons. The summed E-state index contributed by atoms with van der Waals surface area (Å²) in [5.74, 6) is 0.885. The molecule has 0 amide bonds. The molecule has 0 aliphatic carbocycles. The van der Waals surface area contributed by atoms with E-state index in [1.165, 1.54) is 0 Å². The largest absolute Gasteiger partial charge is 0.487 e. The van der Waals surface area contributed by atoms with Crippen LogP contribution in [0.3, 0.4) is 0 Å². The van der Waals surface area contributed by atoms with Gasteiger partial charge in [0.05, 0.1) is 11.6 Å². The third-order valence-electron chi connectivity index (χ3n) is 3.19. The van der Waals surface area contributed by atoms with Crippen molar-refractivity contribution in [2.24, 2.45) is 0 Å². The molecule has 0 unspecified atom stereocenters. The zero-order chi connectivity index (χ0) is 11.1. The Morgan fingerprint density at radius 1 is 1.44 bits per heavy atom. The normalized spacial score (nSPS) is 29.6. The summed E-state index contributed by atoms with van der Waals surface area (Å²) in [4.78, 5) is 0. The molecule has 3 atom stereocenters. The molecule has 0 saturated carbocycles. The van der Waals surface area contributed by atoms with Crippen LogP contribution in [-0.2, 0) is 4.74 Å². The summed E-state index contributed by atoms with van der Waals surface area (Å²) in [6.07, 6.45) is 2.69. The van der Waals surface area contributed by atoms with E-state index in [4.69, 9.17) is 14.7 Å². The van der Waals surface area contributed by atoms with E-state index in [1.54, 1.807) is 6.07 Å². The summed E-state index contributed by atoms with van der Waals surface area (Å²) in [5.41, 5.74) is 1.71. The van der Waals surface area contributed by atoms with E-state index < -0.39 is 0 Å². The summed E-state index contributed by atoms with van der Waals surface area (Å²) in [6, 6.07) is 7.70. The zero-order valence-electron chi connectivity index (χ0n) is 9.14. The summed E-state index contributed by atoms with van der Waals surface area (Å²) in [7, 11) is 0. The average Bonchev–Trinajstić information content (AvgIpc) is 3.09. The van der Waals surface area contributed by atoms with Crippen molar-refractivity contribution in [2.75, 3.05) is 0 Å². The predicted molar refractivity (Wildman–Crippen MR) is 58.1 cm³/mol. The third-order valence-corrected chi connectivity index (χ3v) is 3.19. The predicted octanol–water partition coefficient (Wildman–Crippen LogP) is 2.56. The van der Waals surface area contributed by atoms with Crippen LogP contribution in [0.1, 0.15) is 37.0 Å². The summed E-state index contributed by atoms with van der Waals surface area (Å²) < 4.78 is 11.5. The minimum absolute atomic E-state index is 0.161. The van der Waals surface area contributed by atoms with Crippen LogP contribution < -0.4 is 4.74 Å². The molecular weight excluding hydrogens is 202 g/mol. The van der Waals surface area contributed by atoms with E-state index in [9.17, 15) is 0 Å². The molecular formula is C13H13NO2. The molecule has 0 N–H and O–H groups in total. The Morgan fingerprint density at radius 3 is 3.06 bits per heavy atom. The number of hydrogen-bond donors (Lipinski definition) is 0. The van der Waals surface area contributed by atoms with Crippen molar-refractivity contribution < 1.29 is 9.47 Å². The Kier molecular flexibility index (Phi) is 2.12. The highest BCUT2D eigenvalue weighted by molar-refractivity contribution is 5.46. The van der Waals surface area contributed by atoms with Crippen molar-refractivity contribution in [1.29, 1.82) is 5.26 Å². The number of fused-ring (bicyclic) bond motifs is 3. The molecule has 3 rings (SSSR count). The molecule has 2 aliphatic heterocycles. The highest BCUT2D eigenvalue weighted by atomic mass is 16.6. The lowest BCUT2D eigenvalue weighted by atomic mass is 9.98. The molecule has 0 spiro atoms. The molecule has 0 radical (unpaired) electrons. The number of ether oxygens (including phenoxy) is 2. The monoisotopic (exact) mass is 215 g/mol. The lowest BCUT2D eigenvalue weighted by Crippen LogP contribution is -2.27. The average molecular weight is 215 g/mol. The molecule has 2 heterocycles. The Labute approximate surface area is 94.6 Å². The molecule has 1 aromatic rings. The fourth-order valence-corrected chi connectivity index (χ4v) is 2.34. The maximum atomic E-state index is 8.84. The van der Waals surface area contributed by atoms with E-state index in [2.05, 4.69) is 13.0 Å². The second kappa shape index (κ2) is 3.50. The second-order valence-corrected chi connectivity index (χ2v) is 4.33. The van der Waals surface area contributed by atoms with Crippen LogP contribution in [-0.4, -0.2) is 12.2 Å². The molecule has 0 aromatic heterocycles. The molecule has 1 aromatic carbocycles. The van der Waals surface area contributed by atoms with E-state index >= 15 is 0 Å². The first-order valence-corrected chi connectivity index (χ1v) is 5.69. The minimum atomic E-state index is 0.161. The van der Waals surface area contributed by atoms with E-state index in [1.807, 2.05) is 12.1 Å². The fourth-order valence-electron chi connectivity index (χ4n) is 2.34. The van der Waals surface area contributed by atoms with Crippen LogP contribution >= 0.6 is 0 Å². The van der Waals surface area contributed by atoms with Crippen LogP contribution in [0.25, 0.3) is 0 Å². The van der Waals surface area contributed by atoms with Gasteiger partial charge in [0.1, 0.15) is 24.1 Å². The second-order valence-electron chi connectivity index (χ2n) is 4.33. The first kappa shape index (κ1) is 9.68. The van der Waals surface area contributed by atoms with Gasteiger partial charge < -0.3 is 9.47 Å². The van der Waals surface area contributed by atoms with Gasteiger partial charge in [-0.1, -0.05) is 13.3 Å². The number of hydrogen-bond acceptors (Lipinski definition) is 3. The van der Waals surface area contributed by atoms with Crippen LogP contribution in [0, 0.1) is 11.3 Å². The van der Waals surface area contributed by atoms with Crippen molar-refractivity contribution in [2.45, 2.75) is 38.1 Å². The number of benzene rings is 1. The summed E-state index contributed by atoms with van der Waals surface area (Å²) in [6.45, 7) is 2.15. The van der Waals surface area contributed by atoms with Gasteiger partial charge in [0.2, 0.25) is 0 Å². The molecule has 1 fully saturated rings. The smallest absolute Gasteiger partial charge is 0.128 e. The Morgan fingerprint density at radius 2 is 2.31 bits per heavy atom.